The molecule has 2 heterocycles. The number of fused-ring (bicyclic) bond motifs is 1. The zero-order chi connectivity index (χ0) is 15.0. The number of rotatable bonds is 2. The number of hydrogen-bond donors (Lipinski definition) is 1. The van der Waals surface area contributed by atoms with Crippen LogP contribution in [0.2, 0.25) is 0 Å². The highest BCUT2D eigenvalue weighted by Gasteiger charge is 2.15. The van der Waals surface area contributed by atoms with Gasteiger partial charge in [0.1, 0.15) is 11.3 Å². The largest absolute Gasteiger partial charge is 0.469 e. The molecule has 2 rings (SSSR count). The quantitative estimate of drug-likeness (QED) is 0.638. The van der Waals surface area contributed by atoms with Crippen LogP contribution in [0, 0.1) is 0 Å². The number of ether oxygens (including phenoxy) is 1. The maximum atomic E-state index is 12.0. The standard InChI is InChI=1S/C11H12N4O5/c1-14-8-7(10(18)15(2)11(14)19)12-5(9(17)13-8)4-6(16)20-3/h4H2,1-3H3,(H,13,17). The molecule has 2 aromatic rings. The predicted octanol–water partition coefficient (Wildman–Crippen LogP) is -1.96. The molecule has 106 valence electrons. The van der Waals surface area contributed by atoms with E-state index in [-0.39, 0.29) is 23.3 Å². The van der Waals surface area contributed by atoms with E-state index in [0.717, 1.165) is 9.13 Å². The number of carbonyl (C=O) groups excluding carboxylic acids is 1. The first-order valence-corrected chi connectivity index (χ1v) is 5.62. The molecule has 0 aromatic carbocycles. The molecule has 0 saturated carbocycles. The van der Waals surface area contributed by atoms with Gasteiger partial charge in [0.05, 0.1) is 13.5 Å². The van der Waals surface area contributed by atoms with Gasteiger partial charge in [-0.05, 0) is 0 Å². The first kappa shape index (κ1) is 13.7. The summed E-state index contributed by atoms with van der Waals surface area (Å²) in [7, 11) is 3.89. The fourth-order valence-corrected chi connectivity index (χ4v) is 1.76. The number of hydrogen-bond acceptors (Lipinski definition) is 6. The van der Waals surface area contributed by atoms with Gasteiger partial charge in [-0.3, -0.25) is 23.5 Å². The van der Waals surface area contributed by atoms with Gasteiger partial charge in [0, 0.05) is 14.1 Å². The fraction of sp³-hybridized carbons (Fsp3) is 0.364. The second kappa shape index (κ2) is 4.76. The molecule has 0 saturated heterocycles. The average Bonchev–Trinajstić information content (AvgIpc) is 2.44. The van der Waals surface area contributed by atoms with Crippen molar-refractivity contribution < 1.29 is 9.53 Å². The van der Waals surface area contributed by atoms with Crippen molar-refractivity contribution in [3.8, 4) is 0 Å². The van der Waals surface area contributed by atoms with Crippen LogP contribution < -0.4 is 16.8 Å². The molecule has 0 spiro atoms. The topological polar surface area (TPSA) is 116 Å². The second-order valence-electron chi connectivity index (χ2n) is 4.17. The molecule has 0 radical (unpaired) electrons. The Labute approximate surface area is 111 Å². The van der Waals surface area contributed by atoms with Crippen LogP contribution in [-0.4, -0.2) is 32.2 Å². The number of esters is 1. The van der Waals surface area contributed by atoms with Crippen molar-refractivity contribution in [2.24, 2.45) is 14.1 Å². The van der Waals surface area contributed by atoms with Crippen LogP contribution in [0.4, 0.5) is 0 Å². The van der Waals surface area contributed by atoms with Crippen molar-refractivity contribution in [3.05, 3.63) is 36.9 Å². The molecule has 0 bridgehead atoms. The van der Waals surface area contributed by atoms with Gasteiger partial charge in [-0.2, -0.15) is 0 Å². The first-order chi connectivity index (χ1) is 9.36. The second-order valence-corrected chi connectivity index (χ2v) is 4.17. The van der Waals surface area contributed by atoms with Crippen molar-refractivity contribution in [1.29, 1.82) is 0 Å². The van der Waals surface area contributed by atoms with Crippen LogP contribution in [0.25, 0.3) is 11.2 Å². The summed E-state index contributed by atoms with van der Waals surface area (Å²) >= 11 is 0. The zero-order valence-electron chi connectivity index (χ0n) is 11.1. The van der Waals surface area contributed by atoms with E-state index >= 15 is 0 Å². The number of H-pyrrole nitrogens is 1. The molecule has 20 heavy (non-hydrogen) atoms. The van der Waals surface area contributed by atoms with E-state index in [4.69, 9.17) is 0 Å². The summed E-state index contributed by atoms with van der Waals surface area (Å²) in [6.07, 6.45) is -0.353. The fourth-order valence-electron chi connectivity index (χ4n) is 1.76. The molecule has 9 nitrogen and oxygen atoms in total. The maximum absolute atomic E-state index is 12.0. The minimum atomic E-state index is -0.649. The molecule has 0 aliphatic rings. The molecule has 0 aliphatic carbocycles. The molecule has 9 heteroatoms. The van der Waals surface area contributed by atoms with Crippen LogP contribution in [0.1, 0.15) is 5.69 Å². The van der Waals surface area contributed by atoms with Crippen molar-refractivity contribution in [1.82, 2.24) is 19.1 Å². The monoisotopic (exact) mass is 280 g/mol. The third kappa shape index (κ3) is 2.02. The van der Waals surface area contributed by atoms with Gasteiger partial charge < -0.3 is 9.72 Å². The highest BCUT2D eigenvalue weighted by atomic mass is 16.5. The molecule has 0 amide bonds. The average molecular weight is 280 g/mol. The molecular formula is C11H12N4O5. The number of aromatic amines is 1. The minimum absolute atomic E-state index is 0.0108. The summed E-state index contributed by atoms with van der Waals surface area (Å²) in [4.78, 5) is 53.0. The van der Waals surface area contributed by atoms with E-state index in [1.165, 1.54) is 21.2 Å². The van der Waals surface area contributed by atoms with E-state index in [0.29, 0.717) is 0 Å². The molecule has 0 fully saturated rings. The summed E-state index contributed by atoms with van der Waals surface area (Å²) in [6, 6.07) is 0. The third-order valence-electron chi connectivity index (χ3n) is 2.92. The van der Waals surface area contributed by atoms with Gasteiger partial charge in [0.2, 0.25) is 0 Å². The summed E-state index contributed by atoms with van der Waals surface area (Å²) in [5.41, 5.74) is -2.10. The molecular weight excluding hydrogens is 268 g/mol. The number of carbonyl (C=O) groups is 1. The van der Waals surface area contributed by atoms with Crippen LogP contribution in [0.3, 0.4) is 0 Å². The molecule has 0 atom stereocenters. The lowest BCUT2D eigenvalue weighted by molar-refractivity contribution is -0.139. The number of nitrogens with one attached hydrogen (secondary N) is 1. The van der Waals surface area contributed by atoms with Gasteiger partial charge in [0.25, 0.3) is 11.1 Å². The lowest BCUT2D eigenvalue weighted by Gasteiger charge is -2.07. The van der Waals surface area contributed by atoms with Gasteiger partial charge >= 0.3 is 11.7 Å². The molecule has 2 aromatic heterocycles. The summed E-state index contributed by atoms with van der Waals surface area (Å²) in [5.74, 6) is -0.649. The van der Waals surface area contributed by atoms with E-state index in [1.54, 1.807) is 0 Å². The van der Waals surface area contributed by atoms with Gasteiger partial charge in [-0.1, -0.05) is 0 Å². The number of aromatic nitrogens is 4. The van der Waals surface area contributed by atoms with Crippen LogP contribution in [-0.2, 0) is 30.0 Å². The Morgan fingerprint density at radius 2 is 1.90 bits per heavy atom. The van der Waals surface area contributed by atoms with Crippen LogP contribution in [0.5, 0.6) is 0 Å². The smallest absolute Gasteiger partial charge is 0.332 e. The Hall–Kier alpha value is -2.71. The SMILES string of the molecule is COC(=O)Cc1nc2c(=O)n(C)c(=O)n(C)c2[nH]c1=O. The Kier molecular flexibility index (Phi) is 3.26. The van der Waals surface area contributed by atoms with E-state index in [1.807, 2.05) is 0 Å². The molecule has 0 unspecified atom stereocenters. The Balaban J connectivity index is 2.84. The molecule has 1 N–H and O–H groups in total. The van der Waals surface area contributed by atoms with Crippen LogP contribution >= 0.6 is 0 Å². The van der Waals surface area contributed by atoms with E-state index in [9.17, 15) is 19.2 Å². The van der Waals surface area contributed by atoms with Crippen molar-refractivity contribution in [2.45, 2.75) is 6.42 Å². The number of aryl methyl sites for hydroxylation is 1. The predicted molar refractivity (Wildman–Crippen MR) is 68.6 cm³/mol. The normalized spacial score (nSPS) is 10.8. The van der Waals surface area contributed by atoms with Gasteiger partial charge in [-0.25, -0.2) is 9.78 Å². The lowest BCUT2D eigenvalue weighted by atomic mass is 10.3. The third-order valence-corrected chi connectivity index (χ3v) is 2.92. The highest BCUT2D eigenvalue weighted by Crippen LogP contribution is 1.99. The van der Waals surface area contributed by atoms with Crippen molar-refractivity contribution >= 4 is 17.1 Å². The number of methoxy groups -OCH3 is 1. The molecule has 0 aliphatic heterocycles. The summed E-state index contributed by atoms with van der Waals surface area (Å²) < 4.78 is 6.42. The van der Waals surface area contributed by atoms with Crippen LogP contribution in [0.15, 0.2) is 14.4 Å². The summed E-state index contributed by atoms with van der Waals surface area (Å²) in [5, 5.41) is 0. The lowest BCUT2D eigenvalue weighted by Crippen LogP contribution is -2.39. The van der Waals surface area contributed by atoms with Gasteiger partial charge in [0.15, 0.2) is 5.52 Å². The van der Waals surface area contributed by atoms with Gasteiger partial charge in [-0.15, -0.1) is 0 Å². The Morgan fingerprint density at radius 3 is 2.50 bits per heavy atom. The number of nitrogens with zero attached hydrogens (tertiary/aromatic N) is 3. The zero-order valence-corrected chi connectivity index (χ0v) is 11.1. The van der Waals surface area contributed by atoms with E-state index in [2.05, 4.69) is 14.7 Å². The Bertz CT molecular complexity index is 873. The maximum Gasteiger partial charge on any atom is 0.332 e. The van der Waals surface area contributed by atoms with E-state index < -0.39 is 22.8 Å². The summed E-state index contributed by atoms with van der Waals surface area (Å²) in [6.45, 7) is 0. The Morgan fingerprint density at radius 1 is 1.25 bits per heavy atom. The highest BCUT2D eigenvalue weighted by molar-refractivity contribution is 5.73. The minimum Gasteiger partial charge on any atom is -0.469 e. The van der Waals surface area contributed by atoms with Crippen molar-refractivity contribution in [2.75, 3.05) is 7.11 Å². The van der Waals surface area contributed by atoms with Crippen molar-refractivity contribution in [3.63, 3.8) is 0 Å². The first-order valence-electron chi connectivity index (χ1n) is 5.62.